The summed E-state index contributed by atoms with van der Waals surface area (Å²) in [6, 6.07) is 4.19. The highest BCUT2D eigenvalue weighted by Gasteiger charge is 2.18. The number of aliphatic imine (C=N–C) groups is 1. The van der Waals surface area contributed by atoms with E-state index in [0.29, 0.717) is 11.7 Å². The molecule has 0 saturated heterocycles. The smallest absolute Gasteiger partial charge is 0.0548 e. The fourth-order valence-electron chi connectivity index (χ4n) is 2.10. The summed E-state index contributed by atoms with van der Waals surface area (Å²) in [6.07, 6.45) is 5.30. The summed E-state index contributed by atoms with van der Waals surface area (Å²) >= 11 is 6.86. The summed E-state index contributed by atoms with van der Waals surface area (Å²) in [7, 11) is 0. The van der Waals surface area contributed by atoms with E-state index < -0.39 is 0 Å². The number of rotatable bonds is 2. The Morgan fingerprint density at radius 3 is 2.56 bits per heavy atom. The van der Waals surface area contributed by atoms with Crippen molar-refractivity contribution in [3.63, 3.8) is 0 Å². The molecule has 1 aromatic carbocycles. The van der Waals surface area contributed by atoms with E-state index in [-0.39, 0.29) is 6.10 Å². The minimum absolute atomic E-state index is 0.137. The molecule has 0 aliphatic heterocycles. The van der Waals surface area contributed by atoms with Crippen molar-refractivity contribution in [2.24, 2.45) is 4.99 Å². The van der Waals surface area contributed by atoms with Gasteiger partial charge >= 0.3 is 0 Å². The lowest BCUT2D eigenvalue weighted by Crippen LogP contribution is -2.20. The number of halogens is 2. The van der Waals surface area contributed by atoms with Crippen LogP contribution in [0.4, 0.5) is 5.69 Å². The number of hydrogen-bond acceptors (Lipinski definition) is 3. The average Bonchev–Trinajstić information content (AvgIpc) is 2.34. The second-order valence-electron chi connectivity index (χ2n) is 4.63. The maximum absolute atomic E-state index is 9.44. The number of nitrogen functional groups attached to an aromatic ring is 1. The van der Waals surface area contributed by atoms with Gasteiger partial charge in [0.25, 0.3) is 0 Å². The molecule has 1 aliphatic rings. The molecule has 1 aromatic rings. The first-order chi connectivity index (χ1) is 8.56. The Morgan fingerprint density at radius 2 is 1.89 bits per heavy atom. The van der Waals surface area contributed by atoms with Crippen molar-refractivity contribution in [2.75, 3.05) is 5.73 Å². The van der Waals surface area contributed by atoms with E-state index in [0.717, 1.165) is 40.2 Å². The highest BCUT2D eigenvalue weighted by Crippen LogP contribution is 2.28. The van der Waals surface area contributed by atoms with Crippen molar-refractivity contribution in [3.8, 4) is 0 Å². The monoisotopic (exact) mass is 374 g/mol. The Bertz CT molecular complexity index is 455. The van der Waals surface area contributed by atoms with Crippen LogP contribution in [0.25, 0.3) is 0 Å². The average molecular weight is 376 g/mol. The molecule has 1 aliphatic carbocycles. The van der Waals surface area contributed by atoms with Crippen molar-refractivity contribution in [2.45, 2.75) is 37.8 Å². The van der Waals surface area contributed by atoms with Crippen LogP contribution in [0.5, 0.6) is 0 Å². The fourth-order valence-corrected chi connectivity index (χ4v) is 3.36. The third-order valence-corrected chi connectivity index (χ3v) is 4.33. The molecule has 0 spiro atoms. The van der Waals surface area contributed by atoms with Crippen LogP contribution in [0.3, 0.4) is 0 Å². The zero-order chi connectivity index (χ0) is 13.1. The van der Waals surface area contributed by atoms with Gasteiger partial charge in [0.1, 0.15) is 0 Å². The highest BCUT2D eigenvalue weighted by atomic mass is 79.9. The van der Waals surface area contributed by atoms with E-state index in [1.807, 2.05) is 18.3 Å². The molecule has 0 amide bonds. The molecule has 1 saturated carbocycles. The standard InChI is InChI=1S/C13H16Br2N2O/c14-9-5-8(13(16)12(15)6-9)7-17-10-1-3-11(18)4-2-10/h5-7,10-11,18H,1-4,16H2/t10-,11+. The van der Waals surface area contributed by atoms with Crippen LogP contribution in [0.15, 0.2) is 26.1 Å². The third-order valence-electron chi connectivity index (χ3n) is 3.22. The Morgan fingerprint density at radius 1 is 1.22 bits per heavy atom. The van der Waals surface area contributed by atoms with Gasteiger partial charge in [-0.15, -0.1) is 0 Å². The van der Waals surface area contributed by atoms with Gasteiger partial charge in [0, 0.05) is 20.7 Å². The maximum Gasteiger partial charge on any atom is 0.0548 e. The van der Waals surface area contributed by atoms with E-state index in [4.69, 9.17) is 5.73 Å². The molecular weight excluding hydrogens is 360 g/mol. The molecule has 0 atom stereocenters. The van der Waals surface area contributed by atoms with Gasteiger partial charge in [0.2, 0.25) is 0 Å². The molecule has 0 aromatic heterocycles. The quantitative estimate of drug-likeness (QED) is 0.613. The lowest BCUT2D eigenvalue weighted by molar-refractivity contribution is 0.123. The van der Waals surface area contributed by atoms with Crippen LogP contribution in [0, 0.1) is 0 Å². The summed E-state index contributed by atoms with van der Waals surface area (Å²) in [4.78, 5) is 4.57. The maximum atomic E-state index is 9.44. The second-order valence-corrected chi connectivity index (χ2v) is 6.40. The normalized spacial score (nSPS) is 24.6. The van der Waals surface area contributed by atoms with Crippen LogP contribution in [-0.4, -0.2) is 23.5 Å². The number of hydrogen-bond donors (Lipinski definition) is 2. The summed E-state index contributed by atoms with van der Waals surface area (Å²) in [5.74, 6) is 0. The van der Waals surface area contributed by atoms with E-state index in [1.165, 1.54) is 0 Å². The third kappa shape index (κ3) is 3.56. The zero-order valence-corrected chi connectivity index (χ0v) is 13.1. The molecule has 3 nitrogen and oxygen atoms in total. The molecule has 0 heterocycles. The van der Waals surface area contributed by atoms with E-state index >= 15 is 0 Å². The Kier molecular flexibility index (Phi) is 4.81. The molecule has 0 bridgehead atoms. The van der Waals surface area contributed by atoms with Gasteiger partial charge in [0.15, 0.2) is 0 Å². The van der Waals surface area contributed by atoms with Gasteiger partial charge in [-0.05, 0) is 53.7 Å². The predicted molar refractivity (Wildman–Crippen MR) is 82.1 cm³/mol. The summed E-state index contributed by atoms with van der Waals surface area (Å²) in [5, 5.41) is 9.44. The van der Waals surface area contributed by atoms with E-state index in [9.17, 15) is 5.11 Å². The van der Waals surface area contributed by atoms with Crippen molar-refractivity contribution in [1.29, 1.82) is 0 Å². The van der Waals surface area contributed by atoms with Crippen LogP contribution in [-0.2, 0) is 0 Å². The second kappa shape index (κ2) is 6.17. The molecule has 2 rings (SSSR count). The minimum Gasteiger partial charge on any atom is -0.397 e. The van der Waals surface area contributed by atoms with E-state index in [2.05, 4.69) is 36.9 Å². The number of aliphatic hydroxyl groups is 1. The minimum atomic E-state index is -0.137. The molecule has 1 fully saturated rings. The van der Waals surface area contributed by atoms with Crippen LogP contribution >= 0.6 is 31.9 Å². The number of nitrogens with two attached hydrogens (primary N) is 1. The summed E-state index contributed by atoms with van der Waals surface area (Å²) in [6.45, 7) is 0. The molecule has 0 unspecified atom stereocenters. The van der Waals surface area contributed by atoms with E-state index in [1.54, 1.807) is 0 Å². The molecule has 98 valence electrons. The van der Waals surface area contributed by atoms with Crippen LogP contribution in [0.1, 0.15) is 31.2 Å². The largest absolute Gasteiger partial charge is 0.397 e. The number of anilines is 1. The van der Waals surface area contributed by atoms with Gasteiger partial charge in [-0.3, -0.25) is 4.99 Å². The first-order valence-electron chi connectivity index (χ1n) is 6.02. The summed E-state index contributed by atoms with van der Waals surface area (Å²) in [5.41, 5.74) is 7.62. The SMILES string of the molecule is Nc1c(Br)cc(Br)cc1C=N[C@H]1CC[C@@H](O)CC1. The van der Waals surface area contributed by atoms with Crippen molar-refractivity contribution < 1.29 is 5.11 Å². The van der Waals surface area contributed by atoms with Gasteiger partial charge in [-0.2, -0.15) is 0 Å². The summed E-state index contributed by atoms with van der Waals surface area (Å²) < 4.78 is 1.85. The lowest BCUT2D eigenvalue weighted by Gasteiger charge is -2.22. The predicted octanol–water partition coefficient (Wildman–Crippen LogP) is 3.52. The van der Waals surface area contributed by atoms with Crippen LogP contribution in [0.2, 0.25) is 0 Å². The zero-order valence-electron chi connectivity index (χ0n) is 9.94. The fraction of sp³-hybridized carbons (Fsp3) is 0.462. The first kappa shape index (κ1) is 14.0. The number of benzene rings is 1. The lowest BCUT2D eigenvalue weighted by atomic mass is 9.93. The van der Waals surface area contributed by atoms with Crippen molar-refractivity contribution >= 4 is 43.8 Å². The number of nitrogens with zero attached hydrogens (tertiary/aromatic N) is 1. The molecule has 18 heavy (non-hydrogen) atoms. The first-order valence-corrected chi connectivity index (χ1v) is 7.60. The number of aliphatic hydroxyl groups excluding tert-OH is 1. The Hall–Kier alpha value is -0.390. The Balaban J connectivity index is 2.09. The van der Waals surface area contributed by atoms with Crippen molar-refractivity contribution in [3.05, 3.63) is 26.6 Å². The molecular formula is C13H16Br2N2O. The van der Waals surface area contributed by atoms with Gasteiger partial charge < -0.3 is 10.8 Å². The van der Waals surface area contributed by atoms with Gasteiger partial charge in [0.05, 0.1) is 17.8 Å². The molecule has 0 radical (unpaired) electrons. The topological polar surface area (TPSA) is 58.6 Å². The molecule has 5 heteroatoms. The van der Waals surface area contributed by atoms with Crippen molar-refractivity contribution in [1.82, 2.24) is 0 Å². The van der Waals surface area contributed by atoms with Crippen LogP contribution < -0.4 is 5.73 Å². The van der Waals surface area contributed by atoms with Gasteiger partial charge in [-0.1, -0.05) is 15.9 Å². The van der Waals surface area contributed by atoms with Gasteiger partial charge in [-0.25, -0.2) is 0 Å². The Labute approximate surface area is 124 Å². The molecule has 3 N–H and O–H groups in total. The highest BCUT2D eigenvalue weighted by molar-refractivity contribution is 9.11.